The van der Waals surface area contributed by atoms with E-state index in [1.807, 2.05) is 11.3 Å². The van der Waals surface area contributed by atoms with Crippen molar-refractivity contribution in [3.63, 3.8) is 0 Å². The minimum absolute atomic E-state index is 0.549. The van der Waals surface area contributed by atoms with Crippen LogP contribution in [-0.4, -0.2) is 6.54 Å². The molecule has 1 saturated carbocycles. The standard InChI is InChI=1S/C16H17Br2NS/c1-2-19-16(10-3-4-10)15-8-7-14(20-15)12-6-5-11(17)9-13(12)18/h5-10,16,19H,2-4H2,1H3. The van der Waals surface area contributed by atoms with Gasteiger partial charge in [0.1, 0.15) is 0 Å². The summed E-state index contributed by atoms with van der Waals surface area (Å²) in [5.74, 6) is 0.842. The molecule has 0 radical (unpaired) electrons. The Kier molecular flexibility index (Phi) is 4.65. The van der Waals surface area contributed by atoms with Gasteiger partial charge in [0.25, 0.3) is 0 Å². The Morgan fingerprint density at radius 3 is 2.70 bits per heavy atom. The van der Waals surface area contributed by atoms with Crippen LogP contribution in [0.25, 0.3) is 10.4 Å². The van der Waals surface area contributed by atoms with Crippen molar-refractivity contribution < 1.29 is 0 Å². The average molecular weight is 415 g/mol. The summed E-state index contributed by atoms with van der Waals surface area (Å²) in [6, 6.07) is 11.5. The van der Waals surface area contributed by atoms with E-state index < -0.39 is 0 Å². The van der Waals surface area contributed by atoms with Crippen molar-refractivity contribution >= 4 is 43.2 Å². The molecular weight excluding hydrogens is 398 g/mol. The van der Waals surface area contributed by atoms with Crippen molar-refractivity contribution in [1.82, 2.24) is 5.32 Å². The van der Waals surface area contributed by atoms with Gasteiger partial charge in [-0.2, -0.15) is 0 Å². The van der Waals surface area contributed by atoms with Gasteiger partial charge >= 0.3 is 0 Å². The molecule has 1 nitrogen and oxygen atoms in total. The molecule has 0 aliphatic heterocycles. The third-order valence-electron chi connectivity index (χ3n) is 3.65. The molecular formula is C16H17Br2NS. The Morgan fingerprint density at radius 2 is 2.05 bits per heavy atom. The minimum atomic E-state index is 0.549. The molecule has 106 valence electrons. The molecule has 3 rings (SSSR count). The largest absolute Gasteiger partial charge is 0.309 e. The molecule has 0 spiro atoms. The molecule has 0 bridgehead atoms. The predicted octanol–water partition coefficient (Wildman–Crippen LogP) is 6.00. The highest BCUT2D eigenvalue weighted by molar-refractivity contribution is 9.11. The zero-order valence-corrected chi connectivity index (χ0v) is 15.3. The molecule has 1 aromatic carbocycles. The first-order valence-electron chi connectivity index (χ1n) is 6.97. The van der Waals surface area contributed by atoms with Gasteiger partial charge in [-0.05, 0) is 49.6 Å². The summed E-state index contributed by atoms with van der Waals surface area (Å²) in [6.45, 7) is 3.23. The van der Waals surface area contributed by atoms with E-state index in [1.165, 1.54) is 28.2 Å². The Labute approximate surface area is 141 Å². The summed E-state index contributed by atoms with van der Waals surface area (Å²) in [6.07, 6.45) is 2.74. The monoisotopic (exact) mass is 413 g/mol. The summed E-state index contributed by atoms with van der Waals surface area (Å²) in [5, 5.41) is 3.64. The van der Waals surface area contributed by atoms with Crippen LogP contribution < -0.4 is 5.32 Å². The third-order valence-corrected chi connectivity index (χ3v) is 6.00. The highest BCUT2D eigenvalue weighted by Gasteiger charge is 2.32. The maximum atomic E-state index is 3.66. The number of nitrogens with one attached hydrogen (secondary N) is 1. The van der Waals surface area contributed by atoms with Crippen molar-refractivity contribution in [2.24, 2.45) is 5.92 Å². The van der Waals surface area contributed by atoms with E-state index in [9.17, 15) is 0 Å². The van der Waals surface area contributed by atoms with E-state index in [1.54, 1.807) is 0 Å². The number of thiophene rings is 1. The van der Waals surface area contributed by atoms with Crippen LogP contribution >= 0.6 is 43.2 Å². The van der Waals surface area contributed by atoms with Gasteiger partial charge in [-0.25, -0.2) is 0 Å². The van der Waals surface area contributed by atoms with E-state index in [4.69, 9.17) is 0 Å². The molecule has 20 heavy (non-hydrogen) atoms. The van der Waals surface area contributed by atoms with E-state index >= 15 is 0 Å². The van der Waals surface area contributed by atoms with Crippen LogP contribution in [0.15, 0.2) is 39.3 Å². The van der Waals surface area contributed by atoms with Crippen molar-refractivity contribution in [3.8, 4) is 10.4 Å². The highest BCUT2D eigenvalue weighted by Crippen LogP contribution is 2.45. The maximum absolute atomic E-state index is 3.66. The summed E-state index contributed by atoms with van der Waals surface area (Å²) in [7, 11) is 0. The van der Waals surface area contributed by atoms with Crippen LogP contribution in [0.3, 0.4) is 0 Å². The summed E-state index contributed by atoms with van der Waals surface area (Å²) >= 11 is 9.09. The Balaban J connectivity index is 1.89. The summed E-state index contributed by atoms with van der Waals surface area (Å²) in [5.41, 5.74) is 1.27. The van der Waals surface area contributed by atoms with Crippen molar-refractivity contribution in [2.45, 2.75) is 25.8 Å². The van der Waals surface area contributed by atoms with Gasteiger partial charge < -0.3 is 5.32 Å². The third kappa shape index (κ3) is 3.19. The van der Waals surface area contributed by atoms with Gasteiger partial charge in [0.2, 0.25) is 0 Å². The Morgan fingerprint density at radius 1 is 1.25 bits per heavy atom. The lowest BCUT2D eigenvalue weighted by Gasteiger charge is -2.15. The van der Waals surface area contributed by atoms with Crippen LogP contribution in [-0.2, 0) is 0 Å². The lowest BCUT2D eigenvalue weighted by atomic mass is 10.1. The topological polar surface area (TPSA) is 12.0 Å². The number of hydrogen-bond acceptors (Lipinski definition) is 2. The normalized spacial score (nSPS) is 16.4. The second-order valence-electron chi connectivity index (χ2n) is 5.20. The lowest BCUT2D eigenvalue weighted by molar-refractivity contribution is 0.504. The molecule has 1 aliphatic rings. The smallest absolute Gasteiger partial charge is 0.0443 e. The van der Waals surface area contributed by atoms with Crippen LogP contribution in [0.4, 0.5) is 0 Å². The zero-order valence-electron chi connectivity index (χ0n) is 11.3. The van der Waals surface area contributed by atoms with Crippen LogP contribution in [0, 0.1) is 5.92 Å². The lowest BCUT2D eigenvalue weighted by Crippen LogP contribution is -2.21. The Bertz CT molecular complexity index is 604. The molecule has 1 aromatic heterocycles. The number of benzene rings is 1. The first-order valence-corrected chi connectivity index (χ1v) is 9.38. The molecule has 0 saturated heterocycles. The molecule has 1 aliphatic carbocycles. The van der Waals surface area contributed by atoms with Gasteiger partial charge in [0, 0.05) is 30.3 Å². The molecule has 1 fully saturated rings. The summed E-state index contributed by atoms with van der Waals surface area (Å²) in [4.78, 5) is 2.81. The zero-order chi connectivity index (χ0) is 14.1. The number of hydrogen-bond donors (Lipinski definition) is 1. The van der Waals surface area contributed by atoms with Gasteiger partial charge in [0.15, 0.2) is 0 Å². The van der Waals surface area contributed by atoms with E-state index in [-0.39, 0.29) is 0 Å². The molecule has 1 N–H and O–H groups in total. The van der Waals surface area contributed by atoms with Gasteiger partial charge in [-0.3, -0.25) is 0 Å². The highest BCUT2D eigenvalue weighted by atomic mass is 79.9. The molecule has 2 aromatic rings. The summed E-state index contributed by atoms with van der Waals surface area (Å²) < 4.78 is 2.25. The van der Waals surface area contributed by atoms with E-state index in [0.29, 0.717) is 6.04 Å². The van der Waals surface area contributed by atoms with Crippen molar-refractivity contribution in [2.75, 3.05) is 6.54 Å². The Hall–Kier alpha value is -0.160. The quantitative estimate of drug-likeness (QED) is 0.632. The van der Waals surface area contributed by atoms with Crippen molar-refractivity contribution in [3.05, 3.63) is 44.2 Å². The predicted molar refractivity (Wildman–Crippen MR) is 94.3 cm³/mol. The van der Waals surface area contributed by atoms with Crippen LogP contribution in [0.2, 0.25) is 0 Å². The number of rotatable bonds is 5. The van der Waals surface area contributed by atoms with E-state index in [0.717, 1.165) is 21.4 Å². The first kappa shape index (κ1) is 14.8. The maximum Gasteiger partial charge on any atom is 0.0443 e. The SMILES string of the molecule is CCNC(c1ccc(-c2ccc(Br)cc2Br)s1)C1CC1. The molecule has 1 atom stereocenters. The molecule has 4 heteroatoms. The minimum Gasteiger partial charge on any atom is -0.309 e. The van der Waals surface area contributed by atoms with Gasteiger partial charge in [0.05, 0.1) is 0 Å². The van der Waals surface area contributed by atoms with Gasteiger partial charge in [-0.1, -0.05) is 44.8 Å². The first-order chi connectivity index (χ1) is 9.69. The number of halogens is 2. The fourth-order valence-corrected chi connectivity index (χ4v) is 5.11. The average Bonchev–Trinajstić information content (AvgIpc) is 3.14. The molecule has 1 heterocycles. The van der Waals surface area contributed by atoms with Gasteiger partial charge in [-0.15, -0.1) is 11.3 Å². The van der Waals surface area contributed by atoms with Crippen molar-refractivity contribution in [1.29, 1.82) is 0 Å². The second-order valence-corrected chi connectivity index (χ2v) is 8.08. The molecule has 0 amide bonds. The second kappa shape index (κ2) is 6.30. The fraction of sp³-hybridized carbons (Fsp3) is 0.375. The van der Waals surface area contributed by atoms with Crippen LogP contribution in [0.1, 0.15) is 30.7 Å². The fourth-order valence-electron chi connectivity index (χ4n) is 2.50. The molecule has 1 unspecified atom stereocenters. The van der Waals surface area contributed by atoms with E-state index in [2.05, 4.69) is 74.4 Å². The van der Waals surface area contributed by atoms with Crippen LogP contribution in [0.5, 0.6) is 0 Å².